The Balaban J connectivity index is 1.90. The number of amides is 1. The molecule has 0 spiro atoms. The first-order valence-electron chi connectivity index (χ1n) is 7.50. The molecule has 0 bridgehead atoms. The zero-order valence-electron chi connectivity index (χ0n) is 12.8. The quantitative estimate of drug-likeness (QED) is 0.788. The van der Waals surface area contributed by atoms with Crippen molar-refractivity contribution >= 4 is 37.5 Å². The first kappa shape index (κ1) is 18.4. The van der Waals surface area contributed by atoms with E-state index in [0.717, 1.165) is 25.7 Å². The summed E-state index contributed by atoms with van der Waals surface area (Å²) in [6, 6.07) is 4.02. The molecule has 1 aromatic carbocycles. The van der Waals surface area contributed by atoms with E-state index in [9.17, 15) is 17.6 Å². The van der Waals surface area contributed by atoms with Crippen molar-refractivity contribution in [3.8, 4) is 0 Å². The number of hydrogen-bond acceptors (Lipinski definition) is 3. The van der Waals surface area contributed by atoms with Gasteiger partial charge in [0.2, 0.25) is 15.9 Å². The van der Waals surface area contributed by atoms with Gasteiger partial charge in [0.05, 0.1) is 5.69 Å². The van der Waals surface area contributed by atoms with E-state index in [1.165, 1.54) is 12.1 Å². The molecule has 0 radical (unpaired) electrons. The molecular weight excluding hydrogens is 387 g/mol. The highest BCUT2D eigenvalue weighted by molar-refractivity contribution is 9.10. The van der Waals surface area contributed by atoms with Crippen LogP contribution >= 0.6 is 15.9 Å². The van der Waals surface area contributed by atoms with E-state index in [0.29, 0.717) is 10.4 Å². The van der Waals surface area contributed by atoms with Gasteiger partial charge in [-0.15, -0.1) is 0 Å². The van der Waals surface area contributed by atoms with Crippen LogP contribution in [-0.4, -0.2) is 26.1 Å². The van der Waals surface area contributed by atoms with Gasteiger partial charge >= 0.3 is 0 Å². The molecule has 0 unspecified atom stereocenters. The highest BCUT2D eigenvalue weighted by atomic mass is 79.9. The number of nitrogens with one attached hydrogen (secondary N) is 2. The second-order valence-corrected chi connectivity index (χ2v) is 8.68. The van der Waals surface area contributed by atoms with Gasteiger partial charge in [-0.1, -0.05) is 22.9 Å². The van der Waals surface area contributed by atoms with Crippen LogP contribution in [0.25, 0.3) is 0 Å². The molecule has 1 aliphatic carbocycles. The summed E-state index contributed by atoms with van der Waals surface area (Å²) in [6.45, 7) is 2.14. The van der Waals surface area contributed by atoms with Gasteiger partial charge in [0.15, 0.2) is 0 Å². The minimum atomic E-state index is -3.73. The van der Waals surface area contributed by atoms with Crippen LogP contribution in [0.3, 0.4) is 0 Å². The molecule has 1 aromatic rings. The molecule has 8 heteroatoms. The molecule has 23 heavy (non-hydrogen) atoms. The van der Waals surface area contributed by atoms with E-state index in [4.69, 9.17) is 0 Å². The van der Waals surface area contributed by atoms with Crippen molar-refractivity contribution in [1.29, 1.82) is 0 Å². The Kier molecular flexibility index (Phi) is 6.16. The Morgan fingerprint density at radius 2 is 1.96 bits per heavy atom. The topological polar surface area (TPSA) is 75.3 Å². The maximum Gasteiger partial charge on any atom is 0.241 e. The Hall–Kier alpha value is -0.990. The van der Waals surface area contributed by atoms with Crippen molar-refractivity contribution in [2.24, 2.45) is 5.92 Å². The van der Waals surface area contributed by atoms with Crippen LogP contribution in [0.4, 0.5) is 10.1 Å². The monoisotopic (exact) mass is 406 g/mol. The number of benzene rings is 1. The van der Waals surface area contributed by atoms with Crippen LogP contribution in [0.2, 0.25) is 0 Å². The Labute approximate surface area is 144 Å². The largest absolute Gasteiger partial charge is 0.323 e. The Morgan fingerprint density at radius 3 is 2.57 bits per heavy atom. The van der Waals surface area contributed by atoms with Gasteiger partial charge in [-0.2, -0.15) is 0 Å². The number of halogens is 2. The second kappa shape index (κ2) is 7.72. The van der Waals surface area contributed by atoms with Gasteiger partial charge in [-0.25, -0.2) is 17.5 Å². The average molecular weight is 407 g/mol. The molecule has 1 aliphatic rings. The van der Waals surface area contributed by atoms with Crippen molar-refractivity contribution in [2.45, 2.75) is 38.6 Å². The van der Waals surface area contributed by atoms with E-state index in [2.05, 4.69) is 32.9 Å². The first-order valence-corrected chi connectivity index (χ1v) is 9.94. The van der Waals surface area contributed by atoms with Crippen molar-refractivity contribution in [3.63, 3.8) is 0 Å². The van der Waals surface area contributed by atoms with Crippen molar-refractivity contribution in [2.75, 3.05) is 11.1 Å². The van der Waals surface area contributed by atoms with Gasteiger partial charge in [0.1, 0.15) is 11.6 Å². The third kappa shape index (κ3) is 5.86. The van der Waals surface area contributed by atoms with Crippen molar-refractivity contribution < 1.29 is 17.6 Å². The fourth-order valence-electron chi connectivity index (χ4n) is 2.62. The summed E-state index contributed by atoms with van der Waals surface area (Å²) < 4.78 is 40.8. The lowest BCUT2D eigenvalue weighted by Gasteiger charge is -2.26. The number of sulfonamides is 1. The minimum Gasteiger partial charge on any atom is -0.323 e. The maximum absolute atomic E-state index is 13.6. The molecule has 1 fully saturated rings. The molecule has 0 heterocycles. The van der Waals surface area contributed by atoms with E-state index in [-0.39, 0.29) is 11.7 Å². The molecule has 2 N–H and O–H groups in total. The van der Waals surface area contributed by atoms with Crippen LogP contribution in [0.1, 0.15) is 32.6 Å². The zero-order chi connectivity index (χ0) is 17.0. The summed E-state index contributed by atoms with van der Waals surface area (Å²) >= 11 is 3.11. The zero-order valence-corrected chi connectivity index (χ0v) is 15.2. The summed E-state index contributed by atoms with van der Waals surface area (Å²) in [7, 11) is -3.73. The standard InChI is InChI=1S/C15H20BrFN2O3S/c1-10-2-5-12(6-3-10)19-23(21,22)9-15(20)18-14-7-4-11(16)8-13(14)17/h4,7-8,10,12,19H,2-3,5-6,9H2,1H3,(H,18,20). The van der Waals surface area contributed by atoms with Crippen molar-refractivity contribution in [1.82, 2.24) is 4.72 Å². The predicted molar refractivity (Wildman–Crippen MR) is 91.1 cm³/mol. The van der Waals surface area contributed by atoms with Gasteiger partial charge in [-0.3, -0.25) is 4.79 Å². The molecule has 0 aromatic heterocycles. The highest BCUT2D eigenvalue weighted by Crippen LogP contribution is 2.24. The number of carbonyl (C=O) groups excluding carboxylic acids is 1. The second-order valence-electron chi connectivity index (χ2n) is 6.01. The maximum atomic E-state index is 13.6. The molecule has 0 aliphatic heterocycles. The average Bonchev–Trinajstić information content (AvgIpc) is 2.43. The lowest BCUT2D eigenvalue weighted by atomic mass is 9.88. The third-order valence-electron chi connectivity index (χ3n) is 3.89. The Morgan fingerprint density at radius 1 is 1.30 bits per heavy atom. The fraction of sp³-hybridized carbons (Fsp3) is 0.533. The molecule has 5 nitrogen and oxygen atoms in total. The summed E-state index contributed by atoms with van der Waals surface area (Å²) in [4.78, 5) is 11.9. The number of hydrogen-bond donors (Lipinski definition) is 2. The molecule has 0 saturated heterocycles. The molecule has 0 atom stereocenters. The van der Waals surface area contributed by atoms with Gasteiger partial charge in [0.25, 0.3) is 0 Å². The van der Waals surface area contributed by atoms with Crippen LogP contribution < -0.4 is 10.0 Å². The van der Waals surface area contributed by atoms with E-state index >= 15 is 0 Å². The number of anilines is 1. The van der Waals surface area contributed by atoms with E-state index in [1.807, 2.05) is 0 Å². The predicted octanol–water partition coefficient (Wildman–Crippen LogP) is 3.02. The van der Waals surface area contributed by atoms with Gasteiger partial charge in [-0.05, 0) is 49.8 Å². The van der Waals surface area contributed by atoms with E-state index in [1.54, 1.807) is 6.07 Å². The molecule has 2 rings (SSSR count). The van der Waals surface area contributed by atoms with Gasteiger partial charge in [0, 0.05) is 10.5 Å². The SMILES string of the molecule is CC1CCC(NS(=O)(=O)CC(=O)Nc2ccc(Br)cc2F)CC1. The van der Waals surface area contributed by atoms with Crippen LogP contribution in [0.15, 0.2) is 22.7 Å². The summed E-state index contributed by atoms with van der Waals surface area (Å²) in [6.07, 6.45) is 3.51. The molecular formula is C15H20BrFN2O3S. The van der Waals surface area contributed by atoms with Crippen LogP contribution in [0, 0.1) is 11.7 Å². The summed E-state index contributed by atoms with van der Waals surface area (Å²) in [5.41, 5.74) is -0.0418. The lowest BCUT2D eigenvalue weighted by Crippen LogP contribution is -2.41. The van der Waals surface area contributed by atoms with Gasteiger partial charge < -0.3 is 5.32 Å². The summed E-state index contributed by atoms with van der Waals surface area (Å²) in [5.74, 6) is -1.49. The number of carbonyl (C=O) groups is 1. The van der Waals surface area contributed by atoms with Crippen LogP contribution in [-0.2, 0) is 14.8 Å². The fourth-order valence-corrected chi connectivity index (χ4v) is 4.20. The third-order valence-corrected chi connectivity index (χ3v) is 5.72. The lowest BCUT2D eigenvalue weighted by molar-refractivity contribution is -0.113. The van der Waals surface area contributed by atoms with E-state index < -0.39 is 27.5 Å². The minimum absolute atomic E-state index is 0.0418. The smallest absolute Gasteiger partial charge is 0.241 e. The molecule has 128 valence electrons. The normalized spacial score (nSPS) is 21.9. The van der Waals surface area contributed by atoms with Crippen molar-refractivity contribution in [3.05, 3.63) is 28.5 Å². The summed E-state index contributed by atoms with van der Waals surface area (Å²) in [5, 5.41) is 2.28. The highest BCUT2D eigenvalue weighted by Gasteiger charge is 2.25. The van der Waals surface area contributed by atoms with Crippen LogP contribution in [0.5, 0.6) is 0 Å². The molecule has 1 amide bonds. The Bertz CT molecular complexity index is 673. The first-order chi connectivity index (χ1) is 10.7. The number of rotatable bonds is 5. The molecule has 1 saturated carbocycles.